The van der Waals surface area contributed by atoms with Gasteiger partial charge in [0, 0.05) is 18.3 Å². The van der Waals surface area contributed by atoms with Crippen LogP contribution < -0.4 is 5.56 Å². The summed E-state index contributed by atoms with van der Waals surface area (Å²) in [5.41, 5.74) is 2.11. The van der Waals surface area contributed by atoms with Crippen molar-refractivity contribution in [1.29, 1.82) is 0 Å². The van der Waals surface area contributed by atoms with E-state index in [1.165, 1.54) is 0 Å². The van der Waals surface area contributed by atoms with E-state index in [-0.39, 0.29) is 23.1 Å². The van der Waals surface area contributed by atoms with Gasteiger partial charge in [-0.1, -0.05) is 35.5 Å². The van der Waals surface area contributed by atoms with E-state index < -0.39 is 0 Å². The summed E-state index contributed by atoms with van der Waals surface area (Å²) in [6, 6.07) is 14.6. The van der Waals surface area contributed by atoms with Gasteiger partial charge in [-0.2, -0.15) is 0 Å². The van der Waals surface area contributed by atoms with Crippen molar-refractivity contribution in [3.05, 3.63) is 75.9 Å². The number of aromatic amines is 1. The van der Waals surface area contributed by atoms with Gasteiger partial charge >= 0.3 is 0 Å². The van der Waals surface area contributed by atoms with Gasteiger partial charge in [0.25, 0.3) is 11.5 Å². The van der Waals surface area contributed by atoms with E-state index in [4.69, 9.17) is 4.52 Å². The van der Waals surface area contributed by atoms with Gasteiger partial charge in [0.2, 0.25) is 0 Å². The summed E-state index contributed by atoms with van der Waals surface area (Å²) in [7, 11) is 0. The largest absolute Gasteiger partial charge is 0.361 e. The third-order valence-electron chi connectivity index (χ3n) is 4.73. The normalized spacial score (nSPS) is 16.8. The molecule has 6 nitrogen and oxygen atoms in total. The van der Waals surface area contributed by atoms with Crippen LogP contribution in [0.2, 0.25) is 0 Å². The first-order chi connectivity index (χ1) is 12.6. The average Bonchev–Trinajstić information content (AvgIpc) is 3.30. The molecule has 0 aliphatic carbocycles. The van der Waals surface area contributed by atoms with Crippen LogP contribution in [-0.4, -0.2) is 27.5 Å². The van der Waals surface area contributed by atoms with E-state index in [0.717, 1.165) is 24.1 Å². The van der Waals surface area contributed by atoms with Crippen LogP contribution in [0.4, 0.5) is 0 Å². The third-order valence-corrected chi connectivity index (χ3v) is 4.73. The molecule has 3 aromatic rings. The fraction of sp³-hybridized carbons (Fsp3) is 0.250. The topological polar surface area (TPSA) is 79.2 Å². The first kappa shape index (κ1) is 16.3. The number of benzene rings is 1. The molecule has 1 unspecified atom stereocenters. The van der Waals surface area contributed by atoms with E-state index in [0.29, 0.717) is 18.0 Å². The molecule has 3 heterocycles. The molecule has 1 amide bonds. The number of nitrogens with one attached hydrogen (secondary N) is 1. The maximum Gasteiger partial charge on any atom is 0.261 e. The van der Waals surface area contributed by atoms with Crippen molar-refractivity contribution < 1.29 is 9.32 Å². The third kappa shape index (κ3) is 2.94. The van der Waals surface area contributed by atoms with Crippen molar-refractivity contribution in [2.45, 2.75) is 25.8 Å². The minimum atomic E-state index is -0.377. The van der Waals surface area contributed by atoms with Gasteiger partial charge in [-0.15, -0.1) is 0 Å². The first-order valence-corrected chi connectivity index (χ1v) is 8.66. The molecule has 0 bridgehead atoms. The molecule has 1 aliphatic heterocycles. The van der Waals surface area contributed by atoms with Crippen LogP contribution in [0.3, 0.4) is 0 Å². The van der Waals surface area contributed by atoms with Gasteiger partial charge in [-0.05, 0) is 37.5 Å². The standard InChI is InChI=1S/C20H19N3O3/c1-13-12-17(22-26-13)18-8-5-11-23(18)20(25)15-9-10-16(21-19(15)24)14-6-3-2-4-7-14/h2-4,6-7,9-10,12,18H,5,8,11H2,1H3,(H,21,24). The molecule has 0 radical (unpaired) electrons. The Morgan fingerprint density at radius 3 is 2.73 bits per heavy atom. The highest BCUT2D eigenvalue weighted by atomic mass is 16.5. The van der Waals surface area contributed by atoms with Crippen molar-refractivity contribution >= 4 is 5.91 Å². The maximum atomic E-state index is 13.0. The summed E-state index contributed by atoms with van der Waals surface area (Å²) < 4.78 is 5.14. The molecule has 2 aromatic heterocycles. The lowest BCUT2D eigenvalue weighted by atomic mass is 10.1. The lowest BCUT2D eigenvalue weighted by Gasteiger charge is -2.22. The molecular formula is C20H19N3O3. The number of hydrogen-bond acceptors (Lipinski definition) is 4. The molecule has 0 spiro atoms. The molecule has 26 heavy (non-hydrogen) atoms. The van der Waals surface area contributed by atoms with Crippen LogP contribution in [-0.2, 0) is 0 Å². The second kappa shape index (κ2) is 6.63. The van der Waals surface area contributed by atoms with Gasteiger partial charge in [0.1, 0.15) is 17.0 Å². The van der Waals surface area contributed by atoms with Crippen LogP contribution in [0.1, 0.15) is 40.7 Å². The predicted octanol–water partition coefficient (Wildman–Crippen LogP) is 3.32. The Balaban J connectivity index is 1.63. The van der Waals surface area contributed by atoms with E-state index in [1.54, 1.807) is 17.0 Å². The molecule has 132 valence electrons. The number of H-pyrrole nitrogens is 1. The molecule has 0 saturated carbocycles. The van der Waals surface area contributed by atoms with Gasteiger partial charge in [-0.3, -0.25) is 9.59 Å². The second-order valence-electron chi connectivity index (χ2n) is 6.50. The number of rotatable bonds is 3. The minimum absolute atomic E-state index is 0.145. The van der Waals surface area contributed by atoms with Crippen LogP contribution in [0.15, 0.2) is 57.8 Å². The van der Waals surface area contributed by atoms with Crippen LogP contribution in [0.5, 0.6) is 0 Å². The number of carbonyl (C=O) groups is 1. The number of carbonyl (C=O) groups excluding carboxylic acids is 1. The summed E-state index contributed by atoms with van der Waals surface area (Å²) in [6.07, 6.45) is 1.69. The Morgan fingerprint density at radius 1 is 1.23 bits per heavy atom. The smallest absolute Gasteiger partial charge is 0.261 e. The van der Waals surface area contributed by atoms with Crippen molar-refractivity contribution in [2.24, 2.45) is 0 Å². The Kier molecular flexibility index (Phi) is 4.16. The molecule has 1 saturated heterocycles. The molecule has 1 N–H and O–H groups in total. The predicted molar refractivity (Wildman–Crippen MR) is 96.8 cm³/mol. The maximum absolute atomic E-state index is 13.0. The monoisotopic (exact) mass is 349 g/mol. The zero-order chi connectivity index (χ0) is 18.1. The summed E-state index contributed by atoms with van der Waals surface area (Å²) in [5.74, 6) is 0.443. The Labute approximate surface area is 150 Å². The Morgan fingerprint density at radius 2 is 2.04 bits per heavy atom. The van der Waals surface area contributed by atoms with E-state index >= 15 is 0 Å². The number of amides is 1. The molecule has 1 aliphatic rings. The highest BCUT2D eigenvalue weighted by Gasteiger charge is 2.33. The van der Waals surface area contributed by atoms with E-state index in [1.807, 2.05) is 43.3 Å². The van der Waals surface area contributed by atoms with Crippen molar-refractivity contribution in [3.8, 4) is 11.3 Å². The number of pyridine rings is 1. The lowest BCUT2D eigenvalue weighted by Crippen LogP contribution is -2.34. The van der Waals surface area contributed by atoms with E-state index in [9.17, 15) is 9.59 Å². The number of aryl methyl sites for hydroxylation is 1. The molecule has 1 aromatic carbocycles. The molecule has 4 rings (SSSR count). The SMILES string of the molecule is Cc1cc(C2CCCN2C(=O)c2ccc(-c3ccccc3)[nH]c2=O)no1. The Bertz CT molecular complexity index is 991. The molecule has 1 fully saturated rings. The van der Waals surface area contributed by atoms with Gasteiger partial charge in [0.15, 0.2) is 0 Å². The molecular weight excluding hydrogens is 330 g/mol. The van der Waals surface area contributed by atoms with Crippen LogP contribution >= 0.6 is 0 Å². The first-order valence-electron chi connectivity index (χ1n) is 8.66. The summed E-state index contributed by atoms with van der Waals surface area (Å²) >= 11 is 0. The summed E-state index contributed by atoms with van der Waals surface area (Å²) in [6.45, 7) is 2.43. The molecule has 1 atom stereocenters. The number of aromatic nitrogens is 2. The van der Waals surface area contributed by atoms with Crippen molar-refractivity contribution in [1.82, 2.24) is 15.0 Å². The van der Waals surface area contributed by atoms with Gasteiger partial charge in [0.05, 0.1) is 6.04 Å². The summed E-state index contributed by atoms with van der Waals surface area (Å²) in [5, 5.41) is 4.05. The fourth-order valence-electron chi connectivity index (χ4n) is 3.44. The lowest BCUT2D eigenvalue weighted by molar-refractivity contribution is 0.0729. The van der Waals surface area contributed by atoms with Crippen LogP contribution in [0, 0.1) is 6.92 Å². The average molecular weight is 349 g/mol. The zero-order valence-electron chi connectivity index (χ0n) is 14.4. The van der Waals surface area contributed by atoms with Crippen molar-refractivity contribution in [2.75, 3.05) is 6.54 Å². The minimum Gasteiger partial charge on any atom is -0.361 e. The number of likely N-dealkylation sites (tertiary alicyclic amines) is 1. The second-order valence-corrected chi connectivity index (χ2v) is 6.50. The number of hydrogen-bond donors (Lipinski definition) is 1. The van der Waals surface area contributed by atoms with Gasteiger partial charge < -0.3 is 14.4 Å². The zero-order valence-corrected chi connectivity index (χ0v) is 14.4. The highest BCUT2D eigenvalue weighted by Crippen LogP contribution is 2.32. The van der Waals surface area contributed by atoms with E-state index in [2.05, 4.69) is 10.1 Å². The quantitative estimate of drug-likeness (QED) is 0.787. The number of nitrogens with zero attached hydrogens (tertiary/aromatic N) is 2. The van der Waals surface area contributed by atoms with Crippen molar-refractivity contribution in [3.63, 3.8) is 0 Å². The summed E-state index contributed by atoms with van der Waals surface area (Å²) in [4.78, 5) is 30.0. The van der Waals surface area contributed by atoms with Crippen LogP contribution in [0.25, 0.3) is 11.3 Å². The molecule has 6 heteroatoms. The Hall–Kier alpha value is -3.15. The highest BCUT2D eigenvalue weighted by molar-refractivity contribution is 5.94. The fourth-order valence-corrected chi connectivity index (χ4v) is 3.44. The van der Waals surface area contributed by atoms with Gasteiger partial charge in [-0.25, -0.2) is 0 Å².